The summed E-state index contributed by atoms with van der Waals surface area (Å²) in [5.41, 5.74) is 5.34. The van der Waals surface area contributed by atoms with E-state index in [9.17, 15) is 0 Å². The van der Waals surface area contributed by atoms with Gasteiger partial charge in [-0.1, -0.05) is 48.5 Å². The van der Waals surface area contributed by atoms with Crippen molar-refractivity contribution in [3.8, 4) is 11.1 Å². The van der Waals surface area contributed by atoms with E-state index in [1.807, 2.05) is 7.05 Å². The first-order valence-corrected chi connectivity index (χ1v) is 6.53. The van der Waals surface area contributed by atoms with Crippen LogP contribution in [0.15, 0.2) is 48.5 Å². The van der Waals surface area contributed by atoms with Crippen molar-refractivity contribution in [2.24, 2.45) is 0 Å². The Labute approximate surface area is 110 Å². The molecule has 0 aromatic heterocycles. The van der Waals surface area contributed by atoms with E-state index < -0.39 is 0 Å². The van der Waals surface area contributed by atoms with Crippen LogP contribution in [0.5, 0.6) is 0 Å². The van der Waals surface area contributed by atoms with Crippen LogP contribution in [0.3, 0.4) is 0 Å². The van der Waals surface area contributed by atoms with Crippen molar-refractivity contribution >= 4 is 0 Å². The molecule has 0 aliphatic rings. The second kappa shape index (κ2) is 5.83. The van der Waals surface area contributed by atoms with E-state index in [4.69, 9.17) is 0 Å². The average molecular weight is 239 g/mol. The molecule has 1 heteroatoms. The van der Waals surface area contributed by atoms with Gasteiger partial charge in [-0.2, -0.15) is 0 Å². The minimum atomic E-state index is 0.523. The van der Waals surface area contributed by atoms with Crippen molar-refractivity contribution in [3.05, 3.63) is 59.7 Å². The van der Waals surface area contributed by atoms with Gasteiger partial charge in [-0.15, -0.1) is 0 Å². The average Bonchev–Trinajstić information content (AvgIpc) is 2.40. The second-order valence-corrected chi connectivity index (χ2v) is 4.91. The molecule has 0 amide bonds. The molecule has 0 spiro atoms. The first kappa shape index (κ1) is 12.8. The van der Waals surface area contributed by atoms with Crippen molar-refractivity contribution in [1.29, 1.82) is 0 Å². The van der Waals surface area contributed by atoms with Gasteiger partial charge in [0, 0.05) is 6.04 Å². The molecule has 2 aromatic carbocycles. The largest absolute Gasteiger partial charge is 0.317 e. The molecule has 1 unspecified atom stereocenters. The molecule has 94 valence electrons. The topological polar surface area (TPSA) is 12.0 Å². The minimum absolute atomic E-state index is 0.523. The molecule has 2 aromatic rings. The van der Waals surface area contributed by atoms with E-state index in [-0.39, 0.29) is 0 Å². The normalized spacial score (nSPS) is 12.4. The Morgan fingerprint density at radius 2 is 1.67 bits per heavy atom. The summed E-state index contributed by atoms with van der Waals surface area (Å²) in [6.07, 6.45) is 1.07. The van der Waals surface area contributed by atoms with E-state index in [1.54, 1.807) is 0 Å². The molecule has 0 aliphatic carbocycles. The lowest BCUT2D eigenvalue weighted by molar-refractivity contribution is 0.608. The van der Waals surface area contributed by atoms with Gasteiger partial charge in [0.05, 0.1) is 0 Å². The predicted molar refractivity (Wildman–Crippen MR) is 78.8 cm³/mol. The quantitative estimate of drug-likeness (QED) is 0.855. The van der Waals surface area contributed by atoms with Crippen LogP contribution in [0.2, 0.25) is 0 Å². The second-order valence-electron chi connectivity index (χ2n) is 4.91. The lowest BCUT2D eigenvalue weighted by Crippen LogP contribution is -2.23. The van der Waals surface area contributed by atoms with Crippen LogP contribution in [0, 0.1) is 6.92 Å². The third kappa shape index (κ3) is 2.99. The first-order chi connectivity index (χ1) is 8.70. The van der Waals surface area contributed by atoms with Gasteiger partial charge >= 0.3 is 0 Å². The zero-order chi connectivity index (χ0) is 13.0. The molecule has 18 heavy (non-hydrogen) atoms. The highest BCUT2D eigenvalue weighted by Gasteiger charge is 2.03. The van der Waals surface area contributed by atoms with Gasteiger partial charge in [0.1, 0.15) is 0 Å². The molecule has 0 aliphatic heterocycles. The fraction of sp³-hybridized carbons (Fsp3) is 0.294. The first-order valence-electron chi connectivity index (χ1n) is 6.53. The van der Waals surface area contributed by atoms with Crippen molar-refractivity contribution in [2.75, 3.05) is 7.05 Å². The van der Waals surface area contributed by atoms with E-state index in [0.29, 0.717) is 6.04 Å². The number of hydrogen-bond donors (Lipinski definition) is 1. The number of hydrogen-bond acceptors (Lipinski definition) is 1. The van der Waals surface area contributed by atoms with Crippen LogP contribution >= 0.6 is 0 Å². The van der Waals surface area contributed by atoms with Crippen LogP contribution in [-0.2, 0) is 6.42 Å². The van der Waals surface area contributed by atoms with Gasteiger partial charge in [0.2, 0.25) is 0 Å². The Bertz CT molecular complexity index is 499. The summed E-state index contributed by atoms with van der Waals surface area (Å²) in [6, 6.07) is 18.0. The van der Waals surface area contributed by atoms with Gasteiger partial charge < -0.3 is 5.32 Å². The third-order valence-electron chi connectivity index (χ3n) is 3.44. The van der Waals surface area contributed by atoms with Gasteiger partial charge in [-0.05, 0) is 49.6 Å². The van der Waals surface area contributed by atoms with Gasteiger partial charge in [0.15, 0.2) is 0 Å². The highest BCUT2D eigenvalue weighted by Crippen LogP contribution is 2.23. The highest BCUT2D eigenvalue weighted by atomic mass is 14.8. The number of benzene rings is 2. The van der Waals surface area contributed by atoms with Crippen molar-refractivity contribution in [2.45, 2.75) is 26.3 Å². The number of aryl methyl sites for hydroxylation is 1. The zero-order valence-electron chi connectivity index (χ0n) is 11.4. The molecule has 0 fully saturated rings. The molecule has 0 bridgehead atoms. The Kier molecular flexibility index (Phi) is 4.16. The number of rotatable bonds is 4. The third-order valence-corrected chi connectivity index (χ3v) is 3.44. The van der Waals surface area contributed by atoms with Crippen molar-refractivity contribution in [1.82, 2.24) is 5.32 Å². The maximum Gasteiger partial charge on any atom is 0.00761 e. The molecule has 2 rings (SSSR count). The molecule has 0 heterocycles. The zero-order valence-corrected chi connectivity index (χ0v) is 11.4. The lowest BCUT2D eigenvalue weighted by Gasteiger charge is -2.11. The summed E-state index contributed by atoms with van der Waals surface area (Å²) >= 11 is 0. The maximum absolute atomic E-state index is 3.27. The standard InChI is InChI=1S/C17H21N/c1-13-6-4-5-7-17(13)16-10-8-15(9-11-16)12-14(2)18-3/h4-11,14,18H,12H2,1-3H3. The summed E-state index contributed by atoms with van der Waals surface area (Å²) in [5, 5.41) is 3.27. The Balaban J connectivity index is 2.20. The molecule has 0 saturated heterocycles. The fourth-order valence-corrected chi connectivity index (χ4v) is 2.17. The van der Waals surface area contributed by atoms with Gasteiger partial charge in [0.25, 0.3) is 0 Å². The monoisotopic (exact) mass is 239 g/mol. The maximum atomic E-state index is 3.27. The molecule has 0 radical (unpaired) electrons. The number of likely N-dealkylation sites (N-methyl/N-ethyl adjacent to an activating group) is 1. The van der Waals surface area contributed by atoms with Crippen LogP contribution in [0.25, 0.3) is 11.1 Å². The predicted octanol–water partition coefficient (Wildman–Crippen LogP) is 3.81. The molecular formula is C17H21N. The van der Waals surface area contributed by atoms with Crippen molar-refractivity contribution in [3.63, 3.8) is 0 Å². The van der Waals surface area contributed by atoms with Gasteiger partial charge in [-0.25, -0.2) is 0 Å². The molecular weight excluding hydrogens is 218 g/mol. The summed E-state index contributed by atoms with van der Waals surface area (Å²) < 4.78 is 0. The van der Waals surface area contributed by atoms with E-state index >= 15 is 0 Å². The molecule has 1 nitrogen and oxygen atoms in total. The highest BCUT2D eigenvalue weighted by molar-refractivity contribution is 5.67. The Morgan fingerprint density at radius 1 is 1.00 bits per heavy atom. The number of nitrogens with one attached hydrogen (secondary N) is 1. The summed E-state index contributed by atoms with van der Waals surface area (Å²) in [7, 11) is 2.01. The van der Waals surface area contributed by atoms with Crippen LogP contribution in [0.1, 0.15) is 18.1 Å². The van der Waals surface area contributed by atoms with Crippen LogP contribution < -0.4 is 5.32 Å². The molecule has 1 N–H and O–H groups in total. The van der Waals surface area contributed by atoms with Crippen LogP contribution in [0.4, 0.5) is 0 Å². The van der Waals surface area contributed by atoms with Gasteiger partial charge in [-0.3, -0.25) is 0 Å². The minimum Gasteiger partial charge on any atom is -0.317 e. The lowest BCUT2D eigenvalue weighted by atomic mass is 9.98. The van der Waals surface area contributed by atoms with Crippen molar-refractivity contribution < 1.29 is 0 Å². The fourth-order valence-electron chi connectivity index (χ4n) is 2.17. The van der Waals surface area contributed by atoms with Crippen LogP contribution in [-0.4, -0.2) is 13.1 Å². The Hall–Kier alpha value is -1.60. The molecule has 1 atom stereocenters. The van der Waals surface area contributed by atoms with E-state index in [0.717, 1.165) is 6.42 Å². The smallest absolute Gasteiger partial charge is 0.00761 e. The summed E-state index contributed by atoms with van der Waals surface area (Å²) in [5.74, 6) is 0. The summed E-state index contributed by atoms with van der Waals surface area (Å²) in [4.78, 5) is 0. The summed E-state index contributed by atoms with van der Waals surface area (Å²) in [6.45, 7) is 4.36. The SMILES string of the molecule is CNC(C)Cc1ccc(-c2ccccc2C)cc1. The van der Waals surface area contributed by atoms with E-state index in [2.05, 4.69) is 67.7 Å². The van der Waals surface area contributed by atoms with E-state index in [1.165, 1.54) is 22.3 Å². The Morgan fingerprint density at radius 3 is 2.28 bits per heavy atom. The molecule has 0 saturated carbocycles.